The second kappa shape index (κ2) is 5.85. The van der Waals surface area contributed by atoms with Crippen molar-refractivity contribution in [2.75, 3.05) is 0 Å². The van der Waals surface area contributed by atoms with Crippen LogP contribution in [0, 0.1) is 5.92 Å². The van der Waals surface area contributed by atoms with E-state index in [0.717, 1.165) is 29.3 Å². The van der Waals surface area contributed by atoms with E-state index >= 15 is 0 Å². The molecule has 0 aromatic heterocycles. The Morgan fingerprint density at radius 1 is 1.56 bits per heavy atom. The summed E-state index contributed by atoms with van der Waals surface area (Å²) in [5.74, 6) is -0.422. The van der Waals surface area contributed by atoms with Gasteiger partial charge in [-0.2, -0.15) is 0 Å². The van der Waals surface area contributed by atoms with Gasteiger partial charge in [-0.3, -0.25) is 10.1 Å². The molecule has 2 atom stereocenters. The summed E-state index contributed by atoms with van der Waals surface area (Å²) in [4.78, 5) is 11.3. The molecule has 1 fully saturated rings. The highest BCUT2D eigenvalue weighted by molar-refractivity contribution is 9.10. The first-order valence-corrected chi connectivity index (χ1v) is 7.15. The quantitative estimate of drug-likeness (QED) is 0.847. The molecular formula is C14H18BrNO2. The van der Waals surface area contributed by atoms with Crippen LogP contribution >= 0.6 is 15.9 Å². The Kier molecular flexibility index (Phi) is 4.40. The van der Waals surface area contributed by atoms with E-state index in [4.69, 9.17) is 0 Å². The SMILES string of the molecule is CCC(NC(C(=O)O)C1CC1)c1cccc(Br)c1. The number of benzene rings is 1. The summed E-state index contributed by atoms with van der Waals surface area (Å²) in [6, 6.07) is 7.74. The van der Waals surface area contributed by atoms with Gasteiger partial charge in [-0.15, -0.1) is 0 Å². The minimum absolute atomic E-state index is 0.101. The molecule has 3 nitrogen and oxygen atoms in total. The van der Waals surface area contributed by atoms with Crippen molar-refractivity contribution in [3.8, 4) is 0 Å². The van der Waals surface area contributed by atoms with Crippen LogP contribution in [-0.4, -0.2) is 17.1 Å². The molecule has 0 amide bonds. The maximum Gasteiger partial charge on any atom is 0.320 e. The zero-order valence-electron chi connectivity index (χ0n) is 10.4. The molecule has 2 N–H and O–H groups in total. The number of hydrogen-bond donors (Lipinski definition) is 2. The smallest absolute Gasteiger partial charge is 0.320 e. The monoisotopic (exact) mass is 311 g/mol. The molecule has 98 valence electrons. The fourth-order valence-electron chi connectivity index (χ4n) is 2.23. The Balaban J connectivity index is 2.10. The number of halogens is 1. The van der Waals surface area contributed by atoms with Crippen molar-refractivity contribution in [1.82, 2.24) is 5.32 Å². The molecule has 1 saturated carbocycles. The van der Waals surface area contributed by atoms with Crippen molar-refractivity contribution in [3.63, 3.8) is 0 Å². The summed E-state index contributed by atoms with van der Waals surface area (Å²) >= 11 is 3.45. The topological polar surface area (TPSA) is 49.3 Å². The van der Waals surface area contributed by atoms with Gasteiger partial charge in [-0.1, -0.05) is 35.0 Å². The second-order valence-electron chi connectivity index (χ2n) is 4.84. The summed E-state index contributed by atoms with van der Waals surface area (Å²) in [5.41, 5.74) is 1.14. The van der Waals surface area contributed by atoms with E-state index in [9.17, 15) is 9.90 Å². The Morgan fingerprint density at radius 3 is 2.78 bits per heavy atom. The van der Waals surface area contributed by atoms with Crippen molar-refractivity contribution in [3.05, 3.63) is 34.3 Å². The summed E-state index contributed by atoms with van der Waals surface area (Å²) in [5, 5.41) is 12.5. The van der Waals surface area contributed by atoms with E-state index in [2.05, 4.69) is 28.2 Å². The number of aliphatic carboxylic acids is 1. The van der Waals surface area contributed by atoms with Gasteiger partial charge in [-0.05, 0) is 42.9 Å². The molecule has 2 rings (SSSR count). The third kappa shape index (κ3) is 3.33. The molecule has 0 spiro atoms. The van der Waals surface area contributed by atoms with Crippen molar-refractivity contribution in [1.29, 1.82) is 0 Å². The van der Waals surface area contributed by atoms with Crippen LogP contribution in [0.5, 0.6) is 0 Å². The third-order valence-corrected chi connectivity index (χ3v) is 3.89. The van der Waals surface area contributed by atoms with Crippen molar-refractivity contribution in [2.45, 2.75) is 38.3 Å². The van der Waals surface area contributed by atoms with Crippen LogP contribution in [0.2, 0.25) is 0 Å². The first-order chi connectivity index (χ1) is 8.61. The first-order valence-electron chi connectivity index (χ1n) is 6.36. The van der Waals surface area contributed by atoms with Gasteiger partial charge < -0.3 is 5.11 Å². The molecular weight excluding hydrogens is 294 g/mol. The van der Waals surface area contributed by atoms with E-state index in [1.807, 2.05) is 24.3 Å². The van der Waals surface area contributed by atoms with Crippen molar-refractivity contribution >= 4 is 21.9 Å². The van der Waals surface area contributed by atoms with Crippen LogP contribution in [-0.2, 0) is 4.79 Å². The van der Waals surface area contributed by atoms with Crippen LogP contribution < -0.4 is 5.32 Å². The van der Waals surface area contributed by atoms with Gasteiger partial charge >= 0.3 is 5.97 Å². The highest BCUT2D eigenvalue weighted by Crippen LogP contribution is 2.34. The lowest BCUT2D eigenvalue weighted by atomic mass is 10.0. The minimum Gasteiger partial charge on any atom is -0.480 e. The van der Waals surface area contributed by atoms with Gasteiger partial charge in [0.25, 0.3) is 0 Å². The zero-order chi connectivity index (χ0) is 13.1. The highest BCUT2D eigenvalue weighted by atomic mass is 79.9. The lowest BCUT2D eigenvalue weighted by Crippen LogP contribution is -2.40. The highest BCUT2D eigenvalue weighted by Gasteiger charge is 2.37. The van der Waals surface area contributed by atoms with Gasteiger partial charge in [0.05, 0.1) is 0 Å². The van der Waals surface area contributed by atoms with E-state index < -0.39 is 12.0 Å². The number of rotatable bonds is 6. The molecule has 0 heterocycles. The normalized spacial score (nSPS) is 18.3. The molecule has 0 radical (unpaired) electrons. The number of nitrogens with one attached hydrogen (secondary N) is 1. The van der Waals surface area contributed by atoms with Crippen molar-refractivity contribution in [2.24, 2.45) is 5.92 Å². The maximum atomic E-state index is 11.3. The Bertz CT molecular complexity index is 432. The lowest BCUT2D eigenvalue weighted by molar-refractivity contribution is -0.140. The molecule has 2 unspecified atom stereocenters. The number of hydrogen-bond acceptors (Lipinski definition) is 2. The van der Waals surface area contributed by atoms with Gasteiger partial charge in [0, 0.05) is 10.5 Å². The van der Waals surface area contributed by atoms with E-state index in [-0.39, 0.29) is 6.04 Å². The summed E-state index contributed by atoms with van der Waals surface area (Å²) < 4.78 is 1.03. The largest absolute Gasteiger partial charge is 0.480 e. The molecule has 0 bridgehead atoms. The molecule has 0 aliphatic heterocycles. The average molecular weight is 312 g/mol. The van der Waals surface area contributed by atoms with E-state index in [1.54, 1.807) is 0 Å². The van der Waals surface area contributed by atoms with Crippen LogP contribution in [0.1, 0.15) is 37.8 Å². The van der Waals surface area contributed by atoms with Crippen LogP contribution in [0.3, 0.4) is 0 Å². The number of carbonyl (C=O) groups is 1. The van der Waals surface area contributed by atoms with Crippen LogP contribution in [0.15, 0.2) is 28.7 Å². The summed E-state index contributed by atoms with van der Waals surface area (Å²) in [6.07, 6.45) is 2.94. The fraction of sp³-hybridized carbons (Fsp3) is 0.500. The predicted molar refractivity (Wildman–Crippen MR) is 74.5 cm³/mol. The predicted octanol–water partition coefficient (Wildman–Crippen LogP) is 3.35. The summed E-state index contributed by atoms with van der Waals surface area (Å²) in [6.45, 7) is 2.07. The molecule has 1 aromatic carbocycles. The standard InChI is InChI=1S/C14H18BrNO2/c1-2-12(10-4-3-5-11(15)8-10)16-13(14(17)18)9-6-7-9/h3-5,8-9,12-13,16H,2,6-7H2,1H3,(H,17,18). The number of carboxylic acids is 1. The minimum atomic E-state index is -0.731. The fourth-order valence-corrected chi connectivity index (χ4v) is 2.65. The average Bonchev–Trinajstić information content (AvgIpc) is 3.14. The van der Waals surface area contributed by atoms with E-state index in [1.165, 1.54) is 0 Å². The van der Waals surface area contributed by atoms with Gasteiger partial charge in [0.15, 0.2) is 0 Å². The molecule has 1 aromatic rings. The van der Waals surface area contributed by atoms with Crippen LogP contribution in [0.4, 0.5) is 0 Å². The molecule has 1 aliphatic carbocycles. The Hall–Kier alpha value is -0.870. The molecule has 4 heteroatoms. The molecule has 18 heavy (non-hydrogen) atoms. The van der Waals surface area contributed by atoms with Gasteiger partial charge in [0.1, 0.15) is 6.04 Å². The zero-order valence-corrected chi connectivity index (χ0v) is 12.0. The van der Waals surface area contributed by atoms with Crippen molar-refractivity contribution < 1.29 is 9.90 Å². The maximum absolute atomic E-state index is 11.3. The molecule has 0 saturated heterocycles. The van der Waals surface area contributed by atoms with Gasteiger partial charge in [-0.25, -0.2) is 0 Å². The summed E-state index contributed by atoms with van der Waals surface area (Å²) in [7, 11) is 0. The number of carboxylic acid groups (broad SMARTS) is 1. The first kappa shape index (κ1) is 13.6. The Labute approximate surface area is 116 Å². The van der Waals surface area contributed by atoms with Gasteiger partial charge in [0.2, 0.25) is 0 Å². The second-order valence-corrected chi connectivity index (χ2v) is 5.75. The lowest BCUT2D eigenvalue weighted by Gasteiger charge is -2.22. The molecule has 1 aliphatic rings. The van der Waals surface area contributed by atoms with Crippen LogP contribution in [0.25, 0.3) is 0 Å². The Morgan fingerprint density at radius 2 is 2.28 bits per heavy atom. The third-order valence-electron chi connectivity index (χ3n) is 3.40. The van der Waals surface area contributed by atoms with E-state index in [0.29, 0.717) is 5.92 Å².